The van der Waals surface area contributed by atoms with E-state index in [1.165, 1.54) is 18.2 Å². The van der Waals surface area contributed by atoms with Crippen LogP contribution in [0, 0.1) is 5.92 Å². The molecular weight excluding hydrogens is 324 g/mol. The van der Waals surface area contributed by atoms with Crippen molar-refractivity contribution in [1.29, 1.82) is 0 Å². The zero-order chi connectivity index (χ0) is 16.9. The number of piperidine rings is 1. The number of benzene rings is 1. The van der Waals surface area contributed by atoms with Crippen LogP contribution in [0.25, 0.3) is 5.69 Å². The average Bonchev–Trinajstić information content (AvgIpc) is 3.08. The quantitative estimate of drug-likeness (QED) is 0.779. The molecule has 6 nitrogen and oxygen atoms in total. The maximum absolute atomic E-state index is 12.4. The second-order valence-electron chi connectivity index (χ2n) is 6.06. The first-order valence-corrected chi connectivity index (χ1v) is 9.11. The third-order valence-corrected chi connectivity index (χ3v) is 5.13. The molecule has 0 aliphatic carbocycles. The van der Waals surface area contributed by atoms with E-state index in [9.17, 15) is 4.79 Å². The fourth-order valence-electron chi connectivity index (χ4n) is 2.88. The van der Waals surface area contributed by atoms with Gasteiger partial charge in [0.25, 0.3) is 0 Å². The number of carbonyl (C=O) groups is 1. The molecule has 2 aromatic rings. The van der Waals surface area contributed by atoms with E-state index in [0.29, 0.717) is 11.7 Å². The van der Waals surface area contributed by atoms with E-state index in [4.69, 9.17) is 4.74 Å². The molecule has 0 saturated carbocycles. The van der Waals surface area contributed by atoms with Gasteiger partial charge in [-0.3, -0.25) is 9.36 Å². The molecule has 1 aromatic carbocycles. The number of hydrogen-bond donors (Lipinski definition) is 0. The number of aromatic nitrogens is 3. The molecule has 7 heteroatoms. The van der Waals surface area contributed by atoms with Crippen LogP contribution in [0.3, 0.4) is 0 Å². The number of amides is 1. The summed E-state index contributed by atoms with van der Waals surface area (Å²) in [4.78, 5) is 14.4. The Labute approximate surface area is 146 Å². The van der Waals surface area contributed by atoms with Crippen molar-refractivity contribution in [2.75, 3.05) is 26.0 Å². The van der Waals surface area contributed by atoms with Crippen LogP contribution in [0.5, 0.6) is 5.75 Å². The SMILES string of the molecule is COc1ccc(-n2cnnc2SCC(=O)N2CCCC(C)C2)cc1. The normalized spacial score (nSPS) is 17.8. The third kappa shape index (κ3) is 3.90. The van der Waals surface area contributed by atoms with E-state index in [-0.39, 0.29) is 5.91 Å². The molecule has 3 rings (SSSR count). The van der Waals surface area contributed by atoms with Gasteiger partial charge < -0.3 is 9.64 Å². The number of hydrogen-bond acceptors (Lipinski definition) is 5. The molecule has 0 bridgehead atoms. The molecule has 1 fully saturated rings. The molecule has 0 spiro atoms. The second kappa shape index (κ2) is 7.70. The van der Waals surface area contributed by atoms with E-state index in [0.717, 1.165) is 36.1 Å². The highest BCUT2D eigenvalue weighted by molar-refractivity contribution is 7.99. The molecule has 1 aliphatic heterocycles. The molecular formula is C17H22N4O2S. The fraction of sp³-hybridized carbons (Fsp3) is 0.471. The Morgan fingerprint density at radius 2 is 2.17 bits per heavy atom. The maximum atomic E-state index is 12.4. The minimum atomic E-state index is 0.177. The number of thioether (sulfide) groups is 1. The van der Waals surface area contributed by atoms with Crippen LogP contribution in [-0.4, -0.2) is 51.5 Å². The van der Waals surface area contributed by atoms with Crippen LogP contribution in [0.4, 0.5) is 0 Å². The third-order valence-electron chi connectivity index (χ3n) is 4.20. The number of ether oxygens (including phenoxy) is 1. The molecule has 1 aliphatic rings. The lowest BCUT2D eigenvalue weighted by molar-refractivity contribution is -0.130. The Balaban J connectivity index is 1.64. The Morgan fingerprint density at radius 1 is 1.38 bits per heavy atom. The van der Waals surface area contributed by atoms with Crippen LogP contribution in [-0.2, 0) is 4.79 Å². The molecule has 0 N–H and O–H groups in total. The fourth-order valence-corrected chi connectivity index (χ4v) is 3.71. The number of carbonyl (C=O) groups excluding carboxylic acids is 1. The molecule has 1 unspecified atom stereocenters. The predicted molar refractivity (Wildman–Crippen MR) is 93.6 cm³/mol. The van der Waals surface area contributed by atoms with Crippen LogP contribution in [0.15, 0.2) is 35.7 Å². The van der Waals surface area contributed by atoms with Gasteiger partial charge in [-0.2, -0.15) is 0 Å². The van der Waals surface area contributed by atoms with Crippen molar-refractivity contribution in [3.63, 3.8) is 0 Å². The summed E-state index contributed by atoms with van der Waals surface area (Å²) in [7, 11) is 1.64. The molecule has 1 atom stereocenters. The van der Waals surface area contributed by atoms with Crippen molar-refractivity contribution in [2.24, 2.45) is 5.92 Å². The van der Waals surface area contributed by atoms with Crippen molar-refractivity contribution in [2.45, 2.75) is 24.9 Å². The van der Waals surface area contributed by atoms with Crippen LogP contribution >= 0.6 is 11.8 Å². The highest BCUT2D eigenvalue weighted by atomic mass is 32.2. The van der Waals surface area contributed by atoms with E-state index < -0.39 is 0 Å². The first-order valence-electron chi connectivity index (χ1n) is 8.12. The van der Waals surface area contributed by atoms with Gasteiger partial charge in [0.2, 0.25) is 5.91 Å². The van der Waals surface area contributed by atoms with Gasteiger partial charge in [0.15, 0.2) is 5.16 Å². The summed E-state index contributed by atoms with van der Waals surface area (Å²) < 4.78 is 7.06. The number of nitrogens with zero attached hydrogens (tertiary/aromatic N) is 4. The van der Waals surface area contributed by atoms with Crippen molar-refractivity contribution in [3.05, 3.63) is 30.6 Å². The Morgan fingerprint density at radius 3 is 2.88 bits per heavy atom. The van der Waals surface area contributed by atoms with Gasteiger partial charge in [-0.25, -0.2) is 0 Å². The highest BCUT2D eigenvalue weighted by Gasteiger charge is 2.21. The standard InChI is InChI=1S/C17H22N4O2S/c1-13-4-3-9-20(10-13)16(22)11-24-17-19-18-12-21(17)14-5-7-15(23-2)8-6-14/h5-8,12-13H,3-4,9-11H2,1-2H3. The van der Waals surface area contributed by atoms with Crippen LogP contribution in [0.2, 0.25) is 0 Å². The number of likely N-dealkylation sites (tertiary alicyclic amines) is 1. The Hall–Kier alpha value is -2.02. The zero-order valence-corrected chi connectivity index (χ0v) is 14.8. The summed E-state index contributed by atoms with van der Waals surface area (Å²) >= 11 is 1.43. The highest BCUT2D eigenvalue weighted by Crippen LogP contribution is 2.23. The summed E-state index contributed by atoms with van der Waals surface area (Å²) in [5, 5.41) is 8.84. The largest absolute Gasteiger partial charge is 0.497 e. The number of rotatable bonds is 5. The number of methoxy groups -OCH3 is 1. The van der Waals surface area contributed by atoms with E-state index in [2.05, 4.69) is 17.1 Å². The molecule has 1 saturated heterocycles. The summed E-state index contributed by atoms with van der Waals surface area (Å²) in [5.74, 6) is 1.96. The van der Waals surface area contributed by atoms with Crippen LogP contribution in [0.1, 0.15) is 19.8 Å². The van der Waals surface area contributed by atoms with E-state index >= 15 is 0 Å². The lowest BCUT2D eigenvalue weighted by atomic mass is 10.0. The maximum Gasteiger partial charge on any atom is 0.233 e. The molecule has 24 heavy (non-hydrogen) atoms. The summed E-state index contributed by atoms with van der Waals surface area (Å²) in [6.07, 6.45) is 3.97. The van der Waals surface area contributed by atoms with Crippen molar-refractivity contribution in [3.8, 4) is 11.4 Å². The van der Waals surface area contributed by atoms with Gasteiger partial charge in [-0.1, -0.05) is 18.7 Å². The minimum absolute atomic E-state index is 0.177. The molecule has 0 radical (unpaired) electrons. The van der Waals surface area contributed by atoms with E-state index in [1.54, 1.807) is 13.4 Å². The average molecular weight is 346 g/mol. The zero-order valence-electron chi connectivity index (χ0n) is 14.0. The Kier molecular flexibility index (Phi) is 5.40. The lowest BCUT2D eigenvalue weighted by Gasteiger charge is -2.30. The second-order valence-corrected chi connectivity index (χ2v) is 7.00. The van der Waals surface area contributed by atoms with E-state index in [1.807, 2.05) is 33.7 Å². The summed E-state index contributed by atoms with van der Waals surface area (Å²) in [6, 6.07) is 7.68. The minimum Gasteiger partial charge on any atom is -0.497 e. The van der Waals surface area contributed by atoms with Gasteiger partial charge in [-0.15, -0.1) is 10.2 Å². The van der Waals surface area contributed by atoms with Gasteiger partial charge >= 0.3 is 0 Å². The summed E-state index contributed by atoms with van der Waals surface area (Å²) in [5.41, 5.74) is 0.947. The first kappa shape index (κ1) is 16.8. The monoisotopic (exact) mass is 346 g/mol. The summed E-state index contributed by atoms with van der Waals surface area (Å²) in [6.45, 7) is 3.94. The van der Waals surface area contributed by atoms with Gasteiger partial charge in [0, 0.05) is 18.8 Å². The molecule has 1 amide bonds. The molecule has 1 aromatic heterocycles. The van der Waals surface area contributed by atoms with Crippen molar-refractivity contribution in [1.82, 2.24) is 19.7 Å². The Bertz CT molecular complexity index is 686. The topological polar surface area (TPSA) is 60.2 Å². The first-order chi connectivity index (χ1) is 11.7. The predicted octanol–water partition coefficient (Wildman–Crippen LogP) is 2.63. The van der Waals surface area contributed by atoms with Crippen molar-refractivity contribution < 1.29 is 9.53 Å². The lowest BCUT2D eigenvalue weighted by Crippen LogP contribution is -2.40. The van der Waals surface area contributed by atoms with Crippen LogP contribution < -0.4 is 4.74 Å². The molecule has 128 valence electrons. The molecule has 2 heterocycles. The van der Waals surface area contributed by atoms with Gasteiger partial charge in [0.1, 0.15) is 12.1 Å². The van der Waals surface area contributed by atoms with Gasteiger partial charge in [-0.05, 0) is 43.0 Å². The smallest absolute Gasteiger partial charge is 0.233 e. The van der Waals surface area contributed by atoms with Crippen molar-refractivity contribution >= 4 is 17.7 Å². The van der Waals surface area contributed by atoms with Gasteiger partial charge in [0.05, 0.1) is 12.9 Å².